The number of benzene rings is 1. The van der Waals surface area contributed by atoms with Gasteiger partial charge in [0.1, 0.15) is 12.6 Å². The van der Waals surface area contributed by atoms with Crippen molar-refractivity contribution in [2.45, 2.75) is 25.3 Å². The fourth-order valence-electron chi connectivity index (χ4n) is 2.96. The average Bonchev–Trinajstić information content (AvgIpc) is 2.74. The highest BCUT2D eigenvalue weighted by molar-refractivity contribution is 6.07. The number of nitrogens with two attached hydrogens (primary N) is 1. The second kappa shape index (κ2) is 5.25. The number of para-hydroxylation sites is 1. The van der Waals surface area contributed by atoms with Gasteiger partial charge in [-0.05, 0) is 25.3 Å². The van der Waals surface area contributed by atoms with Crippen LogP contribution >= 0.6 is 0 Å². The summed E-state index contributed by atoms with van der Waals surface area (Å²) in [6.07, 6.45) is 3.28. The van der Waals surface area contributed by atoms with Gasteiger partial charge < -0.3 is 15.5 Å². The molecule has 0 spiro atoms. The molecule has 0 aliphatic carbocycles. The summed E-state index contributed by atoms with van der Waals surface area (Å²) in [4.78, 5) is 27.9. The molecule has 1 saturated heterocycles. The number of anilines is 1. The van der Waals surface area contributed by atoms with Crippen molar-refractivity contribution >= 4 is 17.5 Å². The highest BCUT2D eigenvalue weighted by Gasteiger charge is 2.36. The number of hydrogen-bond acceptors (Lipinski definition) is 3. The van der Waals surface area contributed by atoms with E-state index in [4.69, 9.17) is 5.73 Å². The maximum atomic E-state index is 12.3. The van der Waals surface area contributed by atoms with E-state index in [2.05, 4.69) is 0 Å². The molecule has 20 heavy (non-hydrogen) atoms. The van der Waals surface area contributed by atoms with Gasteiger partial charge in [-0.25, -0.2) is 0 Å². The molecule has 5 nitrogen and oxygen atoms in total. The minimum absolute atomic E-state index is 0.0157. The van der Waals surface area contributed by atoms with Gasteiger partial charge in [0, 0.05) is 24.3 Å². The van der Waals surface area contributed by atoms with Crippen molar-refractivity contribution in [3.8, 4) is 0 Å². The van der Waals surface area contributed by atoms with Crippen LogP contribution in [0.4, 0.5) is 5.69 Å². The highest BCUT2D eigenvalue weighted by atomic mass is 16.2. The lowest BCUT2D eigenvalue weighted by atomic mass is 10.1. The summed E-state index contributed by atoms with van der Waals surface area (Å²) in [7, 11) is 0. The quantitative estimate of drug-likeness (QED) is 0.875. The maximum Gasteiger partial charge on any atom is 0.249 e. The zero-order chi connectivity index (χ0) is 14.1. The van der Waals surface area contributed by atoms with Crippen LogP contribution in [-0.4, -0.2) is 36.3 Å². The molecule has 0 saturated carbocycles. The molecule has 5 heteroatoms. The fraction of sp³-hybridized carbons (Fsp3) is 0.467. The lowest BCUT2D eigenvalue weighted by Gasteiger charge is -2.28. The van der Waals surface area contributed by atoms with E-state index in [1.807, 2.05) is 29.2 Å². The van der Waals surface area contributed by atoms with E-state index in [1.165, 1.54) is 11.3 Å². The summed E-state index contributed by atoms with van der Waals surface area (Å²) in [6, 6.07) is 6.79. The number of piperidine rings is 1. The third-order valence-electron chi connectivity index (χ3n) is 4.10. The number of carbonyl (C=O) groups excluding carboxylic acids is 2. The Morgan fingerprint density at radius 2 is 1.90 bits per heavy atom. The Kier molecular flexibility index (Phi) is 3.44. The van der Waals surface area contributed by atoms with Crippen LogP contribution in [0.15, 0.2) is 24.3 Å². The molecule has 3 rings (SSSR count). The van der Waals surface area contributed by atoms with E-state index in [0.29, 0.717) is 0 Å². The summed E-state index contributed by atoms with van der Waals surface area (Å²) < 4.78 is 0. The van der Waals surface area contributed by atoms with E-state index in [-0.39, 0.29) is 18.4 Å². The van der Waals surface area contributed by atoms with Crippen LogP contribution < -0.4 is 10.6 Å². The van der Waals surface area contributed by atoms with Gasteiger partial charge in [-0.2, -0.15) is 0 Å². The van der Waals surface area contributed by atoms with Crippen LogP contribution in [0.5, 0.6) is 0 Å². The van der Waals surface area contributed by atoms with Gasteiger partial charge in [0.15, 0.2) is 0 Å². The molecular formula is C15H19N3O2. The van der Waals surface area contributed by atoms with Crippen LogP contribution in [0.2, 0.25) is 0 Å². The Hall–Kier alpha value is -1.88. The summed E-state index contributed by atoms with van der Waals surface area (Å²) in [5, 5.41) is 0. The topological polar surface area (TPSA) is 66.6 Å². The average molecular weight is 273 g/mol. The molecule has 2 aliphatic heterocycles. The number of fused-ring (bicyclic) bond motifs is 1. The van der Waals surface area contributed by atoms with Crippen molar-refractivity contribution in [1.29, 1.82) is 0 Å². The van der Waals surface area contributed by atoms with E-state index in [9.17, 15) is 9.59 Å². The molecule has 0 radical (unpaired) electrons. The van der Waals surface area contributed by atoms with E-state index < -0.39 is 6.04 Å². The molecule has 1 fully saturated rings. The van der Waals surface area contributed by atoms with Gasteiger partial charge in [-0.3, -0.25) is 9.59 Å². The largest absolute Gasteiger partial charge is 0.341 e. The van der Waals surface area contributed by atoms with Gasteiger partial charge in [0.2, 0.25) is 11.8 Å². The molecule has 0 aromatic heterocycles. The van der Waals surface area contributed by atoms with Gasteiger partial charge in [0.05, 0.1) is 0 Å². The second-order valence-electron chi connectivity index (χ2n) is 5.40. The minimum atomic E-state index is -0.639. The Balaban J connectivity index is 1.77. The Morgan fingerprint density at radius 1 is 1.20 bits per heavy atom. The number of hydrogen-bond donors (Lipinski definition) is 1. The summed E-state index contributed by atoms with van der Waals surface area (Å²) >= 11 is 0. The van der Waals surface area contributed by atoms with Crippen molar-refractivity contribution < 1.29 is 9.59 Å². The molecule has 106 valence electrons. The normalized spacial score (nSPS) is 22.1. The molecule has 2 N–H and O–H groups in total. The number of amides is 2. The number of nitrogens with zero attached hydrogens (tertiary/aromatic N) is 2. The van der Waals surface area contributed by atoms with Crippen LogP contribution in [0.3, 0.4) is 0 Å². The number of carbonyl (C=O) groups is 2. The van der Waals surface area contributed by atoms with Crippen LogP contribution in [0, 0.1) is 0 Å². The zero-order valence-electron chi connectivity index (χ0n) is 11.4. The van der Waals surface area contributed by atoms with Crippen molar-refractivity contribution in [1.82, 2.24) is 4.90 Å². The fourth-order valence-corrected chi connectivity index (χ4v) is 2.96. The van der Waals surface area contributed by atoms with Gasteiger partial charge >= 0.3 is 0 Å². The van der Waals surface area contributed by atoms with E-state index >= 15 is 0 Å². The lowest BCUT2D eigenvalue weighted by Crippen LogP contribution is -2.44. The molecule has 1 aromatic rings. The first-order valence-electron chi connectivity index (χ1n) is 7.12. The number of likely N-dealkylation sites (tertiary alicyclic amines) is 1. The molecular weight excluding hydrogens is 254 g/mol. The molecule has 0 bridgehead atoms. The Morgan fingerprint density at radius 3 is 2.65 bits per heavy atom. The molecule has 1 aromatic carbocycles. The maximum absolute atomic E-state index is 12.3. The third-order valence-corrected chi connectivity index (χ3v) is 4.10. The van der Waals surface area contributed by atoms with Gasteiger partial charge in [0.25, 0.3) is 0 Å². The predicted octanol–water partition coefficient (Wildman–Crippen LogP) is 1.05. The van der Waals surface area contributed by atoms with Crippen molar-refractivity contribution in [2.24, 2.45) is 5.73 Å². The zero-order valence-corrected chi connectivity index (χ0v) is 11.4. The SMILES string of the molecule is NC1C(=O)N(CC(=O)N2CCCCC2)c2ccccc21. The molecule has 1 unspecified atom stereocenters. The summed E-state index contributed by atoms with van der Waals surface area (Å²) in [5.74, 6) is -0.168. The molecule has 1 atom stereocenters. The monoisotopic (exact) mass is 273 g/mol. The van der Waals surface area contributed by atoms with E-state index in [0.717, 1.165) is 37.2 Å². The minimum Gasteiger partial charge on any atom is -0.341 e. The Bertz CT molecular complexity index is 538. The van der Waals surface area contributed by atoms with Crippen molar-refractivity contribution in [2.75, 3.05) is 24.5 Å². The third kappa shape index (κ3) is 2.18. The highest BCUT2D eigenvalue weighted by Crippen LogP contribution is 2.33. The first-order chi connectivity index (χ1) is 9.68. The van der Waals surface area contributed by atoms with E-state index in [1.54, 1.807) is 0 Å². The molecule has 2 aliphatic rings. The van der Waals surface area contributed by atoms with Gasteiger partial charge in [-0.15, -0.1) is 0 Å². The summed E-state index contributed by atoms with van der Waals surface area (Å²) in [6.45, 7) is 1.70. The second-order valence-corrected chi connectivity index (χ2v) is 5.40. The number of rotatable bonds is 2. The van der Waals surface area contributed by atoms with Crippen molar-refractivity contribution in [3.05, 3.63) is 29.8 Å². The Labute approximate surface area is 118 Å². The summed E-state index contributed by atoms with van der Waals surface area (Å²) in [5.41, 5.74) is 7.50. The van der Waals surface area contributed by atoms with Crippen LogP contribution in [0.1, 0.15) is 30.9 Å². The first-order valence-corrected chi connectivity index (χ1v) is 7.12. The standard InChI is InChI=1S/C15H19N3O2/c16-14-11-6-2-3-7-12(11)18(15(14)20)10-13(19)17-8-4-1-5-9-17/h2-3,6-7,14H,1,4-5,8-10,16H2. The van der Waals surface area contributed by atoms with Crippen molar-refractivity contribution in [3.63, 3.8) is 0 Å². The van der Waals surface area contributed by atoms with Crippen LogP contribution in [-0.2, 0) is 9.59 Å². The first kappa shape index (κ1) is 13.1. The van der Waals surface area contributed by atoms with Gasteiger partial charge in [-0.1, -0.05) is 18.2 Å². The lowest BCUT2D eigenvalue weighted by molar-refractivity contribution is -0.132. The predicted molar refractivity (Wildman–Crippen MR) is 76.2 cm³/mol. The van der Waals surface area contributed by atoms with Crippen LogP contribution in [0.25, 0.3) is 0 Å². The smallest absolute Gasteiger partial charge is 0.249 e. The molecule has 2 amide bonds. The molecule has 2 heterocycles.